The lowest BCUT2D eigenvalue weighted by atomic mass is 9.67. The van der Waals surface area contributed by atoms with E-state index in [4.69, 9.17) is 11.1 Å². The third kappa shape index (κ3) is 8.05. The van der Waals surface area contributed by atoms with Crippen molar-refractivity contribution < 1.29 is 0 Å². The van der Waals surface area contributed by atoms with E-state index in [1.165, 1.54) is 99.1 Å². The first-order valence-corrected chi connectivity index (χ1v) is 23.1. The minimum atomic E-state index is -0.423. The van der Waals surface area contributed by atoms with Crippen LogP contribution in [0.1, 0.15) is 38.9 Å². The van der Waals surface area contributed by atoms with Crippen molar-refractivity contribution in [3.63, 3.8) is 0 Å². The first-order valence-electron chi connectivity index (χ1n) is 23.1. The second-order valence-electron chi connectivity index (χ2n) is 17.3. The van der Waals surface area contributed by atoms with Crippen LogP contribution in [0.25, 0.3) is 65.7 Å². The summed E-state index contributed by atoms with van der Waals surface area (Å²) in [5, 5.41) is 14.8. The quantitative estimate of drug-likeness (QED) is 0.0935. The Morgan fingerprint density at radius 2 is 0.926 bits per heavy atom. The molecule has 1 aliphatic carbocycles. The second kappa shape index (κ2) is 19.1. The van der Waals surface area contributed by atoms with E-state index >= 15 is 0 Å². The molecule has 326 valence electrons. The molecule has 0 aliphatic heterocycles. The van der Waals surface area contributed by atoms with Crippen LogP contribution in [-0.2, 0) is 12.0 Å². The van der Waals surface area contributed by atoms with Gasteiger partial charge < -0.3 is 5.73 Å². The second-order valence-corrected chi connectivity index (χ2v) is 17.3. The SMILES string of the molecule is C=NCc1ccccc1.Cc1ccc(-c2cccc3c4ccccc4c4cc(-c5ccc6c(c5)C(c5ccccc5)(c5ccccc5)c5ccccc5-6)ccc4c23)cc1.N=C(N)c1ccccc1. The molecule has 11 aromatic carbocycles. The molecular formula is C65H51N3. The molecule has 11 aromatic rings. The van der Waals surface area contributed by atoms with Crippen molar-refractivity contribution in [3.05, 3.63) is 288 Å². The van der Waals surface area contributed by atoms with Gasteiger partial charge in [0.25, 0.3) is 0 Å². The van der Waals surface area contributed by atoms with Gasteiger partial charge in [0.15, 0.2) is 0 Å². The summed E-state index contributed by atoms with van der Waals surface area (Å²) in [4.78, 5) is 3.76. The average Bonchev–Trinajstić information content (AvgIpc) is 3.70. The monoisotopic (exact) mass is 873 g/mol. The molecule has 0 spiro atoms. The van der Waals surface area contributed by atoms with Gasteiger partial charge in [0.2, 0.25) is 0 Å². The van der Waals surface area contributed by atoms with Crippen LogP contribution in [0, 0.1) is 12.3 Å². The van der Waals surface area contributed by atoms with Crippen molar-refractivity contribution in [2.75, 3.05) is 0 Å². The van der Waals surface area contributed by atoms with E-state index in [-0.39, 0.29) is 5.84 Å². The molecule has 0 heterocycles. The third-order valence-electron chi connectivity index (χ3n) is 13.2. The average molecular weight is 874 g/mol. The van der Waals surface area contributed by atoms with Crippen LogP contribution in [-0.4, -0.2) is 12.6 Å². The summed E-state index contributed by atoms with van der Waals surface area (Å²) in [6.45, 7) is 6.28. The largest absolute Gasteiger partial charge is 0.384 e. The lowest BCUT2D eigenvalue weighted by molar-refractivity contribution is 0.769. The fourth-order valence-corrected chi connectivity index (χ4v) is 10.1. The summed E-state index contributed by atoms with van der Waals surface area (Å²) < 4.78 is 0. The number of aliphatic imine (C=N–C) groups is 1. The number of nitrogens with one attached hydrogen (secondary N) is 1. The molecule has 0 unspecified atom stereocenters. The molecule has 3 nitrogen and oxygen atoms in total. The summed E-state index contributed by atoms with van der Waals surface area (Å²) in [6, 6.07) is 89.3. The predicted molar refractivity (Wildman–Crippen MR) is 289 cm³/mol. The third-order valence-corrected chi connectivity index (χ3v) is 13.2. The maximum atomic E-state index is 7.01. The molecule has 3 N–H and O–H groups in total. The van der Waals surface area contributed by atoms with E-state index in [1.54, 1.807) is 0 Å². The van der Waals surface area contributed by atoms with Crippen LogP contribution < -0.4 is 5.73 Å². The molecule has 0 atom stereocenters. The van der Waals surface area contributed by atoms with Crippen molar-refractivity contribution in [3.8, 4) is 33.4 Å². The van der Waals surface area contributed by atoms with Gasteiger partial charge in [0.05, 0.1) is 12.0 Å². The molecule has 0 bridgehead atoms. The highest BCUT2D eigenvalue weighted by atomic mass is 14.7. The van der Waals surface area contributed by atoms with Gasteiger partial charge in [-0.1, -0.05) is 242 Å². The van der Waals surface area contributed by atoms with Crippen LogP contribution >= 0.6 is 0 Å². The number of fused-ring (bicyclic) bond motifs is 9. The van der Waals surface area contributed by atoms with Crippen LogP contribution in [0.2, 0.25) is 0 Å². The van der Waals surface area contributed by atoms with Crippen molar-refractivity contribution >= 4 is 44.9 Å². The van der Waals surface area contributed by atoms with Crippen LogP contribution in [0.15, 0.2) is 254 Å². The molecule has 0 amide bonds. The van der Waals surface area contributed by atoms with Crippen LogP contribution in [0.3, 0.4) is 0 Å². The van der Waals surface area contributed by atoms with Gasteiger partial charge in [-0.3, -0.25) is 10.4 Å². The number of hydrogen-bond acceptors (Lipinski definition) is 2. The van der Waals surface area contributed by atoms with Gasteiger partial charge in [-0.05, 0) is 119 Å². The summed E-state index contributed by atoms with van der Waals surface area (Å²) in [6.07, 6.45) is 0. The Labute approximate surface area is 399 Å². The Morgan fingerprint density at radius 3 is 1.56 bits per heavy atom. The molecule has 0 fully saturated rings. The first kappa shape index (κ1) is 43.2. The van der Waals surface area contributed by atoms with Gasteiger partial charge in [-0.25, -0.2) is 0 Å². The molecule has 68 heavy (non-hydrogen) atoms. The molecule has 1 aliphatic rings. The standard InChI is InChI=1S/C50H34.C8H9N.C7H8N2/c1-33-23-25-34(26-24-33)39-20-12-21-44-40-17-8-9-18-41(40)46-31-35(28-30-45(46)49(39)44)36-27-29-43-42-19-10-11-22-47(42)50(48(43)32-36,37-13-4-2-5-14-37)38-15-6-3-7-16-38;1-9-7-8-5-3-2-4-6-8;8-7(9)6-4-2-1-3-5-6/h2-32H,1H3;2-6H,1,7H2;1-5H,(H3,8,9). The van der Waals surface area contributed by atoms with E-state index in [1.807, 2.05) is 60.7 Å². The molecule has 0 radical (unpaired) electrons. The van der Waals surface area contributed by atoms with E-state index in [2.05, 4.69) is 207 Å². The maximum absolute atomic E-state index is 7.01. The first-order chi connectivity index (χ1) is 33.4. The van der Waals surface area contributed by atoms with Gasteiger partial charge in [-0.15, -0.1) is 0 Å². The molecule has 3 heteroatoms. The van der Waals surface area contributed by atoms with Gasteiger partial charge >= 0.3 is 0 Å². The van der Waals surface area contributed by atoms with Gasteiger partial charge in [-0.2, -0.15) is 0 Å². The summed E-state index contributed by atoms with van der Waals surface area (Å²) in [7, 11) is 0. The molecule has 0 aromatic heterocycles. The molecule has 0 saturated carbocycles. The van der Waals surface area contributed by atoms with Gasteiger partial charge in [0, 0.05) is 5.56 Å². The minimum absolute atomic E-state index is 0.121. The number of rotatable bonds is 7. The number of aryl methyl sites for hydroxylation is 1. The Balaban J connectivity index is 0.000000251. The maximum Gasteiger partial charge on any atom is 0.122 e. The van der Waals surface area contributed by atoms with E-state index < -0.39 is 5.41 Å². The fourth-order valence-electron chi connectivity index (χ4n) is 10.1. The summed E-state index contributed by atoms with van der Waals surface area (Å²) in [5.74, 6) is 0.121. The minimum Gasteiger partial charge on any atom is -0.384 e. The number of nitrogens with two attached hydrogens (primary N) is 1. The number of nitrogens with zero attached hydrogens (tertiary/aromatic N) is 1. The zero-order valence-corrected chi connectivity index (χ0v) is 38.1. The summed E-state index contributed by atoms with van der Waals surface area (Å²) in [5.41, 5.74) is 20.9. The highest BCUT2D eigenvalue weighted by Crippen LogP contribution is 2.56. The van der Waals surface area contributed by atoms with Gasteiger partial charge in [0.1, 0.15) is 5.84 Å². The van der Waals surface area contributed by atoms with Crippen LogP contribution in [0.4, 0.5) is 0 Å². The Kier molecular flexibility index (Phi) is 12.1. The van der Waals surface area contributed by atoms with E-state index in [9.17, 15) is 0 Å². The molecule has 0 saturated heterocycles. The molecular weight excluding hydrogens is 823 g/mol. The zero-order valence-electron chi connectivity index (χ0n) is 38.1. The number of benzene rings is 11. The number of nitrogen functional groups attached to an aromatic ring is 1. The summed E-state index contributed by atoms with van der Waals surface area (Å²) >= 11 is 0. The fraction of sp³-hybridized carbons (Fsp3) is 0.0462. The van der Waals surface area contributed by atoms with Crippen molar-refractivity contribution in [1.29, 1.82) is 5.41 Å². The normalized spacial score (nSPS) is 12.0. The number of amidine groups is 1. The van der Waals surface area contributed by atoms with E-state index in [0.29, 0.717) is 0 Å². The Morgan fingerprint density at radius 1 is 0.441 bits per heavy atom. The van der Waals surface area contributed by atoms with Crippen molar-refractivity contribution in [2.45, 2.75) is 18.9 Å². The highest BCUT2D eigenvalue weighted by molar-refractivity contribution is 6.28. The predicted octanol–water partition coefficient (Wildman–Crippen LogP) is 16.0. The topological polar surface area (TPSA) is 62.2 Å². The lowest BCUT2D eigenvalue weighted by Crippen LogP contribution is -2.28. The smallest absolute Gasteiger partial charge is 0.122 e. The molecule has 12 rings (SSSR count). The Bertz CT molecular complexity index is 3520. The Hall–Kier alpha value is -8.66. The van der Waals surface area contributed by atoms with E-state index in [0.717, 1.165) is 12.1 Å². The number of hydrogen-bond donors (Lipinski definition) is 2. The van der Waals surface area contributed by atoms with Crippen molar-refractivity contribution in [1.82, 2.24) is 0 Å². The highest BCUT2D eigenvalue weighted by Gasteiger charge is 2.46. The van der Waals surface area contributed by atoms with Crippen molar-refractivity contribution in [2.24, 2.45) is 10.7 Å². The lowest BCUT2D eigenvalue weighted by Gasteiger charge is -2.34. The van der Waals surface area contributed by atoms with Crippen LogP contribution in [0.5, 0.6) is 0 Å². The zero-order chi connectivity index (χ0) is 46.5.